The number of benzene rings is 4. The van der Waals surface area contributed by atoms with E-state index in [1.807, 2.05) is 31.2 Å². The van der Waals surface area contributed by atoms with Crippen LogP contribution in [0.25, 0.3) is 5.76 Å². The molecule has 1 saturated heterocycles. The van der Waals surface area contributed by atoms with Gasteiger partial charge >= 0.3 is 5.97 Å². The minimum absolute atomic E-state index is 0.0118. The number of phenols is 2. The van der Waals surface area contributed by atoms with Crippen molar-refractivity contribution >= 4 is 35.3 Å². The molecule has 9 atom stereocenters. The highest BCUT2D eigenvalue weighted by molar-refractivity contribution is 6.16. The number of aryl methyl sites for hydroxylation is 1. The standard InChI is InChI=1S/C54H54N4O15/c1-2-28-19-32(21-33(60)20-28)52(16-6-7-17-52)73-47-40(23-39-43(46(47)63)37(61)22-38(70-39)30-10-12-34(13-11-30)69-41(26-59)45(62)35-14-15-42(55)58-35)71-51-53(67)24-31(18-29-8-4-3-5-9-29)44(36-25-56-27-57-36)54(68,50(53)66)48(72-51)49(64)65/h3-5,8-15,19-24,27,38,41,44-45,48,50-51,55,59-63,66-68H,2,6-7,16-18,25-26H2,1H3,(H,64,65)/t38?,41-,44-,45-,48-,50+,51-,53-,54-/m1/s1. The molecule has 1 unspecified atom stereocenters. The number of nitrogens with zero attached hydrogens (tertiary/aromatic N) is 3. The summed E-state index contributed by atoms with van der Waals surface area (Å²) in [6, 6.07) is 21.7. The van der Waals surface area contributed by atoms with E-state index < -0.39 is 83.6 Å². The predicted octanol–water partition coefficient (Wildman–Crippen LogP) is 4.92. The highest BCUT2D eigenvalue weighted by atomic mass is 16.7. The Hall–Kier alpha value is -7.39. The van der Waals surface area contributed by atoms with Gasteiger partial charge in [-0.1, -0.05) is 61.0 Å². The zero-order chi connectivity index (χ0) is 51.4. The minimum atomic E-state index is -2.73. The van der Waals surface area contributed by atoms with Gasteiger partial charge in [-0.3, -0.25) is 10.4 Å². The van der Waals surface area contributed by atoms with Crippen molar-refractivity contribution in [2.75, 3.05) is 13.2 Å². The summed E-state index contributed by atoms with van der Waals surface area (Å²) in [6.07, 6.45) is -0.609. The van der Waals surface area contributed by atoms with E-state index in [0.29, 0.717) is 48.8 Å². The lowest BCUT2D eigenvalue weighted by atomic mass is 9.60. The Kier molecular flexibility index (Phi) is 13.0. The van der Waals surface area contributed by atoms with Crippen LogP contribution in [0.4, 0.5) is 0 Å². The van der Waals surface area contributed by atoms with Gasteiger partial charge < -0.3 is 69.6 Å². The van der Waals surface area contributed by atoms with Crippen LogP contribution in [0.5, 0.6) is 34.5 Å². The number of hydrogen-bond donors (Lipinski definition) is 10. The summed E-state index contributed by atoms with van der Waals surface area (Å²) in [7, 11) is 0. The highest BCUT2D eigenvalue weighted by Gasteiger charge is 2.71. The number of aliphatic carboxylic acids is 1. The van der Waals surface area contributed by atoms with Gasteiger partial charge in [-0.25, -0.2) is 14.8 Å². The fourth-order valence-corrected chi connectivity index (χ4v) is 10.8. The van der Waals surface area contributed by atoms with E-state index in [0.717, 1.165) is 11.1 Å². The van der Waals surface area contributed by atoms with Crippen LogP contribution in [0.3, 0.4) is 0 Å². The largest absolute Gasteiger partial charge is 0.508 e. The first-order chi connectivity index (χ1) is 35.0. The second-order valence-corrected chi connectivity index (χ2v) is 19.0. The molecule has 2 aliphatic carbocycles. The fraction of sp³-hybridized carbons (Fsp3) is 0.352. The van der Waals surface area contributed by atoms with Crippen LogP contribution in [0.2, 0.25) is 0 Å². The highest BCUT2D eigenvalue weighted by Crippen LogP contribution is 2.57. The van der Waals surface area contributed by atoms with Crippen molar-refractivity contribution in [3.05, 3.63) is 137 Å². The monoisotopic (exact) mass is 998 g/mol. The van der Waals surface area contributed by atoms with E-state index in [4.69, 9.17) is 29.1 Å². The number of fused-ring (bicyclic) bond motifs is 3. The van der Waals surface area contributed by atoms with Gasteiger partial charge in [-0.15, -0.1) is 0 Å². The molecule has 0 aromatic heterocycles. The molecule has 2 bridgehead atoms. The molecule has 0 amide bonds. The van der Waals surface area contributed by atoms with E-state index in [9.17, 15) is 50.8 Å². The normalized spacial score (nSPS) is 27.5. The number of ether oxygens (including phenoxy) is 5. The van der Waals surface area contributed by atoms with Crippen LogP contribution in [0.15, 0.2) is 124 Å². The fourth-order valence-electron chi connectivity index (χ4n) is 10.8. The van der Waals surface area contributed by atoms with Gasteiger partial charge in [0.05, 0.1) is 30.5 Å². The number of carbonyl (C=O) groups is 1. The number of aliphatic imine (C=N–C) groups is 3. The number of carboxylic acids is 1. The van der Waals surface area contributed by atoms with Crippen LogP contribution >= 0.6 is 0 Å². The lowest BCUT2D eigenvalue weighted by molar-refractivity contribution is -0.338. The SMILES string of the molecule is CCc1cc(O)cc(C2(Oc3c(O[C@@H]4O[C@H](C(=O)O)[C@]5(O)[C@@H](C6=NC=NC6)C(Cc6ccccc6)=C[C@@]4(O)[C@@H]5O)cc4c(c3O)C(O)=CC(c3ccc(O[C@H](CO)[C@H](O)C5=NC(=N)C=C5)cc3)O4)CCCC2)c1. The molecule has 380 valence electrons. The Balaban J connectivity index is 1.06. The Morgan fingerprint density at radius 1 is 0.973 bits per heavy atom. The summed E-state index contributed by atoms with van der Waals surface area (Å²) in [4.78, 5) is 25.8. The van der Waals surface area contributed by atoms with Gasteiger partial charge in [0, 0.05) is 12.1 Å². The summed E-state index contributed by atoms with van der Waals surface area (Å²) in [6.45, 7) is 1.33. The number of phenolic OH excluding ortho intramolecular Hbond substituents is 2. The first kappa shape index (κ1) is 49.2. The van der Waals surface area contributed by atoms with Crippen molar-refractivity contribution in [3.63, 3.8) is 0 Å². The number of aliphatic hydroxyl groups excluding tert-OH is 4. The molecule has 4 aromatic carbocycles. The van der Waals surface area contributed by atoms with Gasteiger partial charge in [-0.05, 0) is 103 Å². The van der Waals surface area contributed by atoms with E-state index in [1.54, 1.807) is 48.5 Å². The maximum absolute atomic E-state index is 13.3. The molecule has 2 fully saturated rings. The third kappa shape index (κ3) is 8.80. The van der Waals surface area contributed by atoms with Gasteiger partial charge in [-0.2, -0.15) is 0 Å². The zero-order valence-electron chi connectivity index (χ0n) is 39.4. The van der Waals surface area contributed by atoms with Crippen LogP contribution < -0.4 is 18.9 Å². The van der Waals surface area contributed by atoms with E-state index in [1.165, 1.54) is 36.7 Å². The number of aliphatic hydroxyl groups is 6. The maximum atomic E-state index is 13.3. The summed E-state index contributed by atoms with van der Waals surface area (Å²) < 4.78 is 31.9. The third-order valence-corrected chi connectivity index (χ3v) is 14.4. The lowest BCUT2D eigenvalue weighted by Crippen LogP contribution is -2.79. The van der Waals surface area contributed by atoms with E-state index in [-0.39, 0.29) is 64.5 Å². The average molecular weight is 999 g/mol. The summed E-state index contributed by atoms with van der Waals surface area (Å²) in [5, 5.41) is 112. The van der Waals surface area contributed by atoms with Gasteiger partial charge in [0.2, 0.25) is 12.0 Å². The van der Waals surface area contributed by atoms with Crippen molar-refractivity contribution < 1.29 is 74.4 Å². The van der Waals surface area contributed by atoms with Crippen molar-refractivity contribution in [2.45, 2.75) is 99.1 Å². The molecule has 19 nitrogen and oxygen atoms in total. The summed E-state index contributed by atoms with van der Waals surface area (Å²) in [5.74, 6) is -4.83. The Labute approximate surface area is 418 Å². The average Bonchev–Trinajstić information content (AvgIpc) is 4.19. The first-order valence-corrected chi connectivity index (χ1v) is 23.9. The smallest absolute Gasteiger partial charge is 0.336 e. The van der Waals surface area contributed by atoms with Gasteiger partial charge in [0.25, 0.3) is 0 Å². The van der Waals surface area contributed by atoms with E-state index in [2.05, 4.69) is 15.0 Å². The molecular weight excluding hydrogens is 945 g/mol. The number of carboxylic acid groups (broad SMARTS) is 1. The van der Waals surface area contributed by atoms with Crippen molar-refractivity contribution in [3.8, 4) is 34.5 Å². The second-order valence-electron chi connectivity index (χ2n) is 19.0. The van der Waals surface area contributed by atoms with Crippen LogP contribution in [-0.2, 0) is 28.0 Å². The topological polar surface area (TPSA) is 306 Å². The molecule has 4 heterocycles. The number of aromatic hydroxyl groups is 2. The van der Waals surface area contributed by atoms with Gasteiger partial charge in [0.1, 0.15) is 70.3 Å². The lowest BCUT2D eigenvalue weighted by Gasteiger charge is -2.57. The Morgan fingerprint density at radius 3 is 2.38 bits per heavy atom. The molecular formula is C54H54N4O15. The third-order valence-electron chi connectivity index (χ3n) is 14.4. The summed E-state index contributed by atoms with van der Waals surface area (Å²) >= 11 is 0. The quantitative estimate of drug-likeness (QED) is 0.0666. The molecule has 0 spiro atoms. The molecule has 4 aliphatic heterocycles. The molecule has 19 heteroatoms. The maximum Gasteiger partial charge on any atom is 0.336 e. The number of rotatable bonds is 16. The van der Waals surface area contributed by atoms with Crippen LogP contribution in [0.1, 0.15) is 66.5 Å². The molecule has 1 saturated carbocycles. The second kappa shape index (κ2) is 19.2. The van der Waals surface area contributed by atoms with Crippen LogP contribution in [-0.4, -0.2) is 131 Å². The van der Waals surface area contributed by atoms with Crippen molar-refractivity contribution in [1.29, 1.82) is 5.41 Å². The minimum Gasteiger partial charge on any atom is -0.508 e. The summed E-state index contributed by atoms with van der Waals surface area (Å²) in [5.41, 5.74) is -3.57. The van der Waals surface area contributed by atoms with Crippen molar-refractivity contribution in [1.82, 2.24) is 0 Å². The van der Waals surface area contributed by atoms with Gasteiger partial charge in [0.15, 0.2) is 29.3 Å². The van der Waals surface area contributed by atoms with Crippen LogP contribution in [0, 0.1) is 11.3 Å². The molecule has 4 aromatic rings. The zero-order valence-corrected chi connectivity index (χ0v) is 39.4. The predicted molar refractivity (Wildman–Crippen MR) is 264 cm³/mol. The van der Waals surface area contributed by atoms with Crippen molar-refractivity contribution in [2.24, 2.45) is 20.9 Å². The Morgan fingerprint density at radius 2 is 1.73 bits per heavy atom. The molecule has 10 N–H and O–H groups in total. The van der Waals surface area contributed by atoms with E-state index >= 15 is 0 Å². The number of amidine groups is 1. The number of hydrogen-bond acceptors (Lipinski definition) is 17. The Bertz CT molecular complexity index is 3020. The number of nitrogens with one attached hydrogen (secondary N) is 1. The molecule has 73 heavy (non-hydrogen) atoms. The molecule has 0 radical (unpaired) electrons. The molecule has 10 rings (SSSR count). The first-order valence-electron chi connectivity index (χ1n) is 23.9. The molecule has 6 aliphatic rings.